The number of carbonyl (C=O) groups is 2. The Bertz CT molecular complexity index is 977. The Morgan fingerprint density at radius 1 is 1.35 bits per heavy atom. The van der Waals surface area contributed by atoms with Crippen LogP contribution in [0, 0.1) is 13.8 Å². The van der Waals surface area contributed by atoms with E-state index >= 15 is 0 Å². The minimum Gasteiger partial charge on any atom is -0.462 e. The number of rotatable bonds is 6. The minimum absolute atomic E-state index is 0.0758. The number of ketones is 1. The molecule has 0 aliphatic rings. The molecule has 0 saturated carbocycles. The highest BCUT2D eigenvalue weighted by Gasteiger charge is 2.26. The van der Waals surface area contributed by atoms with Gasteiger partial charge in [-0.1, -0.05) is 11.8 Å². The van der Waals surface area contributed by atoms with Crippen molar-refractivity contribution in [1.29, 1.82) is 0 Å². The lowest BCUT2D eigenvalue weighted by atomic mass is 10.1. The number of nitrogens with zero attached hydrogens (tertiary/aromatic N) is 2. The Labute approximate surface area is 159 Å². The molecular formula is C18H19N3O3S2. The zero-order valence-corrected chi connectivity index (χ0v) is 16.6. The van der Waals surface area contributed by atoms with Crippen LogP contribution in [0.5, 0.6) is 0 Å². The number of H-pyrrole nitrogens is 1. The maximum Gasteiger partial charge on any atom is 0.340 e. The van der Waals surface area contributed by atoms with Crippen molar-refractivity contribution in [2.24, 2.45) is 0 Å². The molecule has 3 heterocycles. The minimum atomic E-state index is -0.408. The molecule has 0 fully saturated rings. The van der Waals surface area contributed by atoms with E-state index in [1.807, 2.05) is 18.4 Å². The topological polar surface area (TPSA) is 84.9 Å². The molecule has 0 amide bonds. The summed E-state index contributed by atoms with van der Waals surface area (Å²) >= 11 is 2.93. The second kappa shape index (κ2) is 7.59. The van der Waals surface area contributed by atoms with Crippen LogP contribution < -0.4 is 0 Å². The molecule has 3 rings (SSSR count). The van der Waals surface area contributed by atoms with Crippen LogP contribution in [0.3, 0.4) is 0 Å². The molecule has 0 radical (unpaired) electrons. The van der Waals surface area contributed by atoms with E-state index in [1.54, 1.807) is 32.1 Å². The van der Waals surface area contributed by atoms with Crippen molar-refractivity contribution in [2.75, 3.05) is 6.61 Å². The molecule has 1 N–H and O–H groups in total. The summed E-state index contributed by atoms with van der Waals surface area (Å²) in [7, 11) is 0. The monoisotopic (exact) mass is 389 g/mol. The number of thiophene rings is 1. The lowest BCUT2D eigenvalue weighted by Crippen LogP contribution is -2.16. The summed E-state index contributed by atoms with van der Waals surface area (Å²) in [5.74, 6) is -0.484. The Kier molecular flexibility index (Phi) is 5.43. The van der Waals surface area contributed by atoms with Crippen molar-refractivity contribution in [3.63, 3.8) is 0 Å². The third-order valence-corrected chi connectivity index (χ3v) is 5.98. The number of carbonyl (C=O) groups excluding carboxylic acids is 2. The number of fused-ring (bicyclic) bond motifs is 1. The molecule has 3 aromatic rings. The quantitative estimate of drug-likeness (QED) is 0.295. The van der Waals surface area contributed by atoms with Crippen molar-refractivity contribution in [3.8, 4) is 0 Å². The number of aryl methyl sites for hydroxylation is 1. The van der Waals surface area contributed by atoms with Crippen LogP contribution in [0.1, 0.15) is 46.0 Å². The fraction of sp³-hybridized carbons (Fsp3) is 0.333. The molecule has 0 saturated heterocycles. The number of aromatic nitrogens is 3. The summed E-state index contributed by atoms with van der Waals surface area (Å²) in [6.45, 7) is 7.43. The summed E-state index contributed by atoms with van der Waals surface area (Å²) in [5, 5.41) is 3.33. The number of Topliss-reactive ketones (excluding diaryl/α,β-unsaturated/α-hetero) is 1. The molecule has 0 bridgehead atoms. The lowest BCUT2D eigenvalue weighted by Gasteiger charge is -2.10. The highest BCUT2D eigenvalue weighted by atomic mass is 32.2. The van der Waals surface area contributed by atoms with E-state index in [2.05, 4.69) is 15.0 Å². The van der Waals surface area contributed by atoms with Crippen LogP contribution in [0.4, 0.5) is 0 Å². The van der Waals surface area contributed by atoms with Gasteiger partial charge in [0.05, 0.1) is 23.1 Å². The summed E-state index contributed by atoms with van der Waals surface area (Å²) in [6.07, 6.45) is 1.52. The number of hydrogen-bond acceptors (Lipinski definition) is 7. The van der Waals surface area contributed by atoms with Crippen LogP contribution in [0.15, 0.2) is 22.8 Å². The number of aromatic amines is 1. The van der Waals surface area contributed by atoms with Crippen LogP contribution >= 0.6 is 23.1 Å². The van der Waals surface area contributed by atoms with Gasteiger partial charge in [-0.3, -0.25) is 4.79 Å². The molecule has 0 aromatic carbocycles. The highest BCUT2D eigenvalue weighted by molar-refractivity contribution is 8.00. The van der Waals surface area contributed by atoms with Gasteiger partial charge in [-0.25, -0.2) is 14.8 Å². The first-order chi connectivity index (χ1) is 12.4. The van der Waals surface area contributed by atoms with Gasteiger partial charge in [0, 0.05) is 11.1 Å². The normalized spacial score (nSPS) is 12.3. The van der Waals surface area contributed by atoms with E-state index in [0.29, 0.717) is 29.1 Å². The Balaban J connectivity index is 1.86. The number of ether oxygens (including phenoxy) is 1. The van der Waals surface area contributed by atoms with Gasteiger partial charge in [-0.15, -0.1) is 11.3 Å². The molecule has 1 atom stereocenters. The molecule has 6 nitrogen and oxygen atoms in total. The van der Waals surface area contributed by atoms with E-state index in [0.717, 1.165) is 15.2 Å². The smallest absolute Gasteiger partial charge is 0.340 e. The van der Waals surface area contributed by atoms with Gasteiger partial charge in [0.15, 0.2) is 5.78 Å². The maximum atomic E-state index is 12.9. The number of hydrogen-bond donors (Lipinski definition) is 1. The Morgan fingerprint density at radius 2 is 2.12 bits per heavy atom. The molecule has 0 unspecified atom stereocenters. The Hall–Kier alpha value is -2.19. The van der Waals surface area contributed by atoms with E-state index in [9.17, 15) is 9.59 Å². The number of nitrogens with one attached hydrogen (secondary N) is 1. The zero-order valence-electron chi connectivity index (χ0n) is 15.0. The summed E-state index contributed by atoms with van der Waals surface area (Å²) in [4.78, 5) is 37.6. The van der Waals surface area contributed by atoms with Crippen molar-refractivity contribution in [1.82, 2.24) is 15.0 Å². The van der Waals surface area contributed by atoms with Crippen LogP contribution in [-0.2, 0) is 4.74 Å². The van der Waals surface area contributed by atoms with Gasteiger partial charge in [0.25, 0.3) is 0 Å². The van der Waals surface area contributed by atoms with Crippen molar-refractivity contribution in [2.45, 2.75) is 38.0 Å². The molecule has 8 heteroatoms. The van der Waals surface area contributed by atoms with Gasteiger partial charge in [-0.05, 0) is 44.7 Å². The number of esters is 1. The van der Waals surface area contributed by atoms with E-state index in [1.165, 1.54) is 18.1 Å². The van der Waals surface area contributed by atoms with Crippen molar-refractivity contribution >= 4 is 45.1 Å². The highest BCUT2D eigenvalue weighted by Crippen LogP contribution is 2.32. The predicted molar refractivity (Wildman–Crippen MR) is 103 cm³/mol. The van der Waals surface area contributed by atoms with Gasteiger partial charge >= 0.3 is 5.97 Å². The first kappa shape index (κ1) is 18.6. The fourth-order valence-corrected chi connectivity index (χ4v) is 4.55. The second-order valence-electron chi connectivity index (χ2n) is 5.79. The van der Waals surface area contributed by atoms with E-state index < -0.39 is 5.97 Å². The van der Waals surface area contributed by atoms with Gasteiger partial charge in [0.2, 0.25) is 0 Å². The third kappa shape index (κ3) is 3.39. The molecule has 136 valence electrons. The first-order valence-corrected chi connectivity index (χ1v) is 9.95. The largest absolute Gasteiger partial charge is 0.462 e. The summed E-state index contributed by atoms with van der Waals surface area (Å²) in [5.41, 5.74) is 2.15. The summed E-state index contributed by atoms with van der Waals surface area (Å²) in [6, 6.07) is 1.96. The van der Waals surface area contributed by atoms with Crippen molar-refractivity contribution < 1.29 is 14.3 Å². The number of thioether (sulfide) groups is 1. The van der Waals surface area contributed by atoms with Crippen LogP contribution in [-0.4, -0.2) is 38.6 Å². The second-order valence-corrected chi connectivity index (χ2v) is 8.01. The SMILES string of the molecule is CCOC(=O)c1c(C)[nH]c(C(=O)[C@H](C)Sc2ncnc3sccc23)c1C. The Morgan fingerprint density at radius 3 is 2.85 bits per heavy atom. The molecule has 26 heavy (non-hydrogen) atoms. The van der Waals surface area contributed by atoms with Gasteiger partial charge in [-0.2, -0.15) is 0 Å². The molecule has 3 aromatic heterocycles. The van der Waals surface area contributed by atoms with Crippen LogP contribution in [0.2, 0.25) is 0 Å². The molecular weight excluding hydrogens is 370 g/mol. The molecule has 0 spiro atoms. The zero-order chi connectivity index (χ0) is 18.8. The van der Waals surface area contributed by atoms with Crippen LogP contribution in [0.25, 0.3) is 10.2 Å². The first-order valence-electron chi connectivity index (χ1n) is 8.19. The molecule has 0 aliphatic carbocycles. The standard InChI is InChI=1S/C18H19N3O3S2/c1-5-24-18(23)13-9(2)14(21-10(13)3)15(22)11(4)26-17-12-6-7-25-16(12)19-8-20-17/h6-8,11,21H,5H2,1-4H3/t11-/m0/s1. The van der Waals surface area contributed by atoms with E-state index in [-0.39, 0.29) is 11.0 Å². The average molecular weight is 390 g/mol. The van der Waals surface area contributed by atoms with Crippen molar-refractivity contribution in [3.05, 3.63) is 40.3 Å². The maximum absolute atomic E-state index is 12.9. The third-order valence-electron chi connectivity index (χ3n) is 4.05. The predicted octanol–water partition coefficient (Wildman–Crippen LogP) is 4.18. The van der Waals surface area contributed by atoms with E-state index in [4.69, 9.17) is 4.74 Å². The molecule has 0 aliphatic heterocycles. The van der Waals surface area contributed by atoms with Gasteiger partial charge < -0.3 is 9.72 Å². The fourth-order valence-electron chi connectivity index (χ4n) is 2.79. The lowest BCUT2D eigenvalue weighted by molar-refractivity contribution is 0.0525. The average Bonchev–Trinajstić information content (AvgIpc) is 3.19. The van der Waals surface area contributed by atoms with Gasteiger partial charge in [0.1, 0.15) is 16.2 Å². The summed E-state index contributed by atoms with van der Waals surface area (Å²) < 4.78 is 5.09.